The Morgan fingerprint density at radius 1 is 0.944 bits per heavy atom. The molecule has 2 aromatic rings. The van der Waals surface area contributed by atoms with E-state index in [2.05, 4.69) is 33.0 Å². The minimum atomic E-state index is -0.913. The van der Waals surface area contributed by atoms with Crippen molar-refractivity contribution < 1.29 is 14.4 Å². The van der Waals surface area contributed by atoms with Crippen LogP contribution in [0.4, 0.5) is 5.69 Å². The van der Waals surface area contributed by atoms with Gasteiger partial charge in [-0.05, 0) is 46.8 Å². The van der Waals surface area contributed by atoms with E-state index in [4.69, 9.17) is 0 Å². The Labute approximate surface area is 215 Å². The average Bonchev–Trinajstić information content (AvgIpc) is 3.01. The van der Waals surface area contributed by atoms with Gasteiger partial charge in [0.25, 0.3) is 0 Å². The maximum Gasteiger partial charge on any atom is 0.248 e. The van der Waals surface area contributed by atoms with E-state index in [0.717, 1.165) is 22.4 Å². The molecule has 2 bridgehead atoms. The van der Waals surface area contributed by atoms with E-state index in [1.54, 1.807) is 0 Å². The number of piperidine rings is 1. The van der Waals surface area contributed by atoms with Gasteiger partial charge in [-0.2, -0.15) is 0 Å². The van der Waals surface area contributed by atoms with Crippen molar-refractivity contribution in [2.24, 2.45) is 16.7 Å². The van der Waals surface area contributed by atoms with Gasteiger partial charge >= 0.3 is 0 Å². The first-order chi connectivity index (χ1) is 16.9. The van der Waals surface area contributed by atoms with Crippen LogP contribution >= 0.6 is 0 Å². The number of likely N-dealkylation sites (tertiary alicyclic amines) is 1. The number of hydrogen-bond donors (Lipinski definition) is 1. The first-order valence-electron chi connectivity index (χ1n) is 13.2. The highest BCUT2D eigenvalue weighted by Crippen LogP contribution is 2.60. The highest BCUT2D eigenvalue weighted by Gasteiger charge is 2.65. The summed E-state index contributed by atoms with van der Waals surface area (Å²) in [6.07, 6.45) is 1.63. The maximum atomic E-state index is 14.1. The lowest BCUT2D eigenvalue weighted by atomic mass is 9.62. The Kier molecular flexibility index (Phi) is 6.89. The normalized spacial score (nSPS) is 23.9. The molecular formula is C31H40N2O3. The van der Waals surface area contributed by atoms with Gasteiger partial charge in [-0.1, -0.05) is 97.0 Å². The van der Waals surface area contributed by atoms with Gasteiger partial charge in [0.1, 0.15) is 6.04 Å². The zero-order chi connectivity index (χ0) is 26.4. The van der Waals surface area contributed by atoms with Crippen LogP contribution in [-0.2, 0) is 20.8 Å². The number of benzene rings is 2. The van der Waals surface area contributed by atoms with Crippen molar-refractivity contribution in [3.63, 3.8) is 0 Å². The lowest BCUT2D eigenvalue weighted by molar-refractivity contribution is -0.172. The monoisotopic (exact) mass is 488 g/mol. The number of para-hydroxylation sites is 1. The van der Waals surface area contributed by atoms with Crippen LogP contribution in [0.2, 0.25) is 0 Å². The fourth-order valence-electron chi connectivity index (χ4n) is 6.18. The fraction of sp³-hybridized carbons (Fsp3) is 0.516. The van der Waals surface area contributed by atoms with Crippen LogP contribution in [0.25, 0.3) is 0 Å². The molecule has 3 atom stereocenters. The molecule has 2 fully saturated rings. The molecule has 1 heterocycles. The lowest BCUT2D eigenvalue weighted by Gasteiger charge is -2.49. The van der Waals surface area contributed by atoms with Crippen molar-refractivity contribution in [1.82, 2.24) is 4.90 Å². The third kappa shape index (κ3) is 4.16. The van der Waals surface area contributed by atoms with E-state index in [-0.39, 0.29) is 41.9 Å². The molecule has 3 amide bonds. The van der Waals surface area contributed by atoms with Crippen LogP contribution in [0.5, 0.6) is 0 Å². The molecule has 4 rings (SSSR count). The van der Waals surface area contributed by atoms with E-state index >= 15 is 0 Å². The Morgan fingerprint density at radius 2 is 1.53 bits per heavy atom. The Morgan fingerprint density at radius 3 is 2.08 bits per heavy atom. The topological polar surface area (TPSA) is 66.5 Å². The maximum absolute atomic E-state index is 14.1. The molecule has 1 saturated heterocycles. The fourth-order valence-corrected chi connectivity index (χ4v) is 6.18. The Bertz CT molecular complexity index is 1140. The van der Waals surface area contributed by atoms with Gasteiger partial charge in [0.15, 0.2) is 0 Å². The number of rotatable bonds is 7. The number of hydrogen-bond acceptors (Lipinski definition) is 3. The molecule has 1 saturated carbocycles. The van der Waals surface area contributed by atoms with Gasteiger partial charge in [0.2, 0.25) is 17.7 Å². The number of nitrogens with one attached hydrogen (secondary N) is 1. The number of anilines is 1. The molecule has 0 radical (unpaired) electrons. The average molecular weight is 489 g/mol. The van der Waals surface area contributed by atoms with E-state index < -0.39 is 16.9 Å². The van der Waals surface area contributed by atoms with Gasteiger partial charge < -0.3 is 5.32 Å². The molecule has 36 heavy (non-hydrogen) atoms. The molecule has 5 heteroatoms. The molecule has 0 spiro atoms. The van der Waals surface area contributed by atoms with Crippen molar-refractivity contribution in [3.05, 3.63) is 65.2 Å². The molecule has 1 aliphatic heterocycles. The van der Waals surface area contributed by atoms with Crippen LogP contribution in [0.15, 0.2) is 48.5 Å². The SMILES string of the molecule is CC(C)c1cccc(C(C)C)c1NC(=O)C(Cc1ccccc1)N1C(=O)C2CCC(C)(C1=O)C2(C)C. The number of imide groups is 1. The summed E-state index contributed by atoms with van der Waals surface area (Å²) >= 11 is 0. The third-order valence-corrected chi connectivity index (χ3v) is 8.96. The lowest BCUT2D eigenvalue weighted by Crippen LogP contribution is -2.64. The molecule has 3 unspecified atom stereocenters. The summed E-state index contributed by atoms with van der Waals surface area (Å²) in [6, 6.07) is 14.9. The van der Waals surface area contributed by atoms with E-state index in [1.807, 2.05) is 69.3 Å². The van der Waals surface area contributed by atoms with Gasteiger partial charge in [-0.25, -0.2) is 0 Å². The van der Waals surface area contributed by atoms with Gasteiger partial charge in [-0.3, -0.25) is 19.3 Å². The highest BCUT2D eigenvalue weighted by atomic mass is 16.2. The van der Waals surface area contributed by atoms with Crippen LogP contribution in [0, 0.1) is 16.7 Å². The second-order valence-corrected chi connectivity index (χ2v) is 12.0. The Hall–Kier alpha value is -2.95. The quantitative estimate of drug-likeness (QED) is 0.466. The number of carbonyl (C=O) groups excluding carboxylic acids is 3. The number of nitrogens with zero attached hydrogens (tertiary/aromatic N) is 1. The summed E-state index contributed by atoms with van der Waals surface area (Å²) in [6.45, 7) is 14.4. The minimum Gasteiger partial charge on any atom is -0.324 e. The van der Waals surface area contributed by atoms with Crippen molar-refractivity contribution >= 4 is 23.4 Å². The minimum absolute atomic E-state index is 0.209. The molecule has 2 aromatic carbocycles. The summed E-state index contributed by atoms with van der Waals surface area (Å²) in [7, 11) is 0. The van der Waals surface area contributed by atoms with Crippen LogP contribution in [-0.4, -0.2) is 28.7 Å². The molecule has 0 aromatic heterocycles. The summed E-state index contributed by atoms with van der Waals surface area (Å²) in [4.78, 5) is 43.2. The summed E-state index contributed by atoms with van der Waals surface area (Å²) < 4.78 is 0. The number of amides is 3. The molecule has 1 aliphatic carbocycles. The second kappa shape index (κ2) is 9.49. The van der Waals surface area contributed by atoms with Crippen LogP contribution in [0.3, 0.4) is 0 Å². The van der Waals surface area contributed by atoms with Crippen molar-refractivity contribution in [1.29, 1.82) is 0 Å². The molecule has 1 N–H and O–H groups in total. The summed E-state index contributed by atoms with van der Waals surface area (Å²) in [5.74, 6) is -0.583. The van der Waals surface area contributed by atoms with Crippen molar-refractivity contribution in [2.75, 3.05) is 5.32 Å². The smallest absolute Gasteiger partial charge is 0.248 e. The van der Waals surface area contributed by atoms with Gasteiger partial charge in [-0.15, -0.1) is 0 Å². The molecule has 2 aliphatic rings. The highest BCUT2D eigenvalue weighted by molar-refractivity contribution is 6.09. The number of fused-ring (bicyclic) bond motifs is 2. The zero-order valence-electron chi connectivity index (χ0n) is 22.7. The van der Waals surface area contributed by atoms with Crippen molar-refractivity contribution in [3.8, 4) is 0 Å². The molecule has 5 nitrogen and oxygen atoms in total. The first-order valence-corrected chi connectivity index (χ1v) is 13.2. The summed E-state index contributed by atoms with van der Waals surface area (Å²) in [5, 5.41) is 3.20. The van der Waals surface area contributed by atoms with Crippen LogP contribution in [0.1, 0.15) is 89.8 Å². The summed E-state index contributed by atoms with van der Waals surface area (Å²) in [5.41, 5.74) is 2.73. The standard InChI is InChI=1S/C31H40N2O3/c1-19(2)22-14-11-15-23(20(3)4)26(22)32-27(34)25(18-21-12-9-8-10-13-21)33-28(35)24-16-17-31(7,29(33)36)30(24,5)6/h8-15,19-20,24-25H,16-18H2,1-7H3,(H,32,34). The van der Waals surface area contributed by atoms with Crippen LogP contribution < -0.4 is 5.32 Å². The zero-order valence-corrected chi connectivity index (χ0v) is 22.7. The predicted molar refractivity (Wildman–Crippen MR) is 144 cm³/mol. The van der Waals surface area contributed by atoms with Gasteiger partial charge in [0.05, 0.1) is 5.41 Å². The van der Waals surface area contributed by atoms with E-state index in [0.29, 0.717) is 12.8 Å². The van der Waals surface area contributed by atoms with E-state index in [1.165, 1.54) is 4.90 Å². The second-order valence-electron chi connectivity index (χ2n) is 12.0. The van der Waals surface area contributed by atoms with Gasteiger partial charge in [0, 0.05) is 18.0 Å². The number of carbonyl (C=O) groups is 3. The Balaban J connectivity index is 1.78. The van der Waals surface area contributed by atoms with E-state index in [9.17, 15) is 14.4 Å². The van der Waals surface area contributed by atoms with Crippen molar-refractivity contribution in [2.45, 2.75) is 85.6 Å². The molecular weight excluding hydrogens is 448 g/mol. The third-order valence-electron chi connectivity index (χ3n) is 8.96. The first kappa shape index (κ1) is 26.1. The predicted octanol–water partition coefficient (Wildman–Crippen LogP) is 6.29. The molecule has 192 valence electrons. The largest absolute Gasteiger partial charge is 0.324 e.